The van der Waals surface area contributed by atoms with Crippen molar-refractivity contribution in [2.24, 2.45) is 7.05 Å². The molecule has 3 rings (SSSR count). The summed E-state index contributed by atoms with van der Waals surface area (Å²) in [6, 6.07) is 10.8. The number of ether oxygens (including phenoxy) is 2. The average Bonchev–Trinajstić information content (AvgIpc) is 3.04. The minimum absolute atomic E-state index is 0.105. The minimum Gasteiger partial charge on any atom is -0.496 e. The summed E-state index contributed by atoms with van der Waals surface area (Å²) in [4.78, 5) is 12.4. The maximum atomic E-state index is 12.4. The molecule has 0 fully saturated rings. The number of aromatic nitrogens is 2. The van der Waals surface area contributed by atoms with Crippen LogP contribution < -0.4 is 9.47 Å². The normalized spacial score (nSPS) is 11.1. The molecule has 0 unspecified atom stereocenters. The predicted molar refractivity (Wildman–Crippen MR) is 115 cm³/mol. The Kier molecular flexibility index (Phi) is 6.62. The number of ketones is 1. The van der Waals surface area contributed by atoms with Crippen LogP contribution in [-0.2, 0) is 13.7 Å². The first-order valence-corrected chi connectivity index (χ1v) is 9.61. The van der Waals surface area contributed by atoms with E-state index in [1.165, 1.54) is 6.08 Å². The molecule has 3 aromatic rings. The topological polar surface area (TPSA) is 53.3 Å². The Morgan fingerprint density at radius 3 is 2.55 bits per heavy atom. The lowest BCUT2D eigenvalue weighted by molar-refractivity contribution is 0.104. The van der Waals surface area contributed by atoms with Gasteiger partial charge in [-0.2, -0.15) is 5.10 Å². The van der Waals surface area contributed by atoms with Gasteiger partial charge < -0.3 is 9.47 Å². The molecule has 2 aromatic carbocycles. The number of halogens is 2. The van der Waals surface area contributed by atoms with Gasteiger partial charge in [-0.3, -0.25) is 9.48 Å². The molecular formula is C22H20Cl2N2O3. The van der Waals surface area contributed by atoms with Crippen molar-refractivity contribution < 1.29 is 14.3 Å². The molecule has 0 aliphatic carbocycles. The number of carbonyl (C=O) groups is 1. The van der Waals surface area contributed by atoms with E-state index in [9.17, 15) is 4.79 Å². The fourth-order valence-electron chi connectivity index (χ4n) is 2.79. The molecule has 0 spiro atoms. The molecule has 29 heavy (non-hydrogen) atoms. The Labute approximate surface area is 179 Å². The first kappa shape index (κ1) is 21.0. The number of methoxy groups -OCH3 is 1. The van der Waals surface area contributed by atoms with Gasteiger partial charge in [0.15, 0.2) is 11.5 Å². The Balaban J connectivity index is 1.79. The van der Waals surface area contributed by atoms with E-state index in [-0.39, 0.29) is 12.4 Å². The van der Waals surface area contributed by atoms with Crippen molar-refractivity contribution >= 4 is 35.1 Å². The first-order chi connectivity index (χ1) is 13.9. The van der Waals surface area contributed by atoms with Gasteiger partial charge in [-0.05, 0) is 42.8 Å². The van der Waals surface area contributed by atoms with Crippen LogP contribution in [0.4, 0.5) is 0 Å². The molecule has 0 radical (unpaired) electrons. The quantitative estimate of drug-likeness (QED) is 0.365. The van der Waals surface area contributed by atoms with Crippen LogP contribution in [0, 0.1) is 6.92 Å². The third kappa shape index (κ3) is 4.81. The molecule has 7 heteroatoms. The maximum Gasteiger partial charge on any atom is 0.189 e. The summed E-state index contributed by atoms with van der Waals surface area (Å²) in [6.45, 7) is 2.07. The molecule has 0 aliphatic heterocycles. The van der Waals surface area contributed by atoms with Crippen molar-refractivity contribution in [1.82, 2.24) is 9.78 Å². The van der Waals surface area contributed by atoms with Crippen LogP contribution in [0.25, 0.3) is 6.08 Å². The van der Waals surface area contributed by atoms with Crippen molar-refractivity contribution in [2.45, 2.75) is 13.5 Å². The van der Waals surface area contributed by atoms with Gasteiger partial charge in [0, 0.05) is 18.3 Å². The molecule has 1 heterocycles. The second-order valence-corrected chi connectivity index (χ2v) is 7.19. The molecule has 0 bridgehead atoms. The standard InChI is InChI=1S/C22H20Cl2N2O3/c1-14-17(12-25-26(14)2)20(27)9-7-15-8-10-21(28-3)16(11-15)13-29-22-18(23)5-4-6-19(22)24/h4-12H,13H2,1-3H3/b9-7+. The number of para-hydroxylation sites is 1. The van der Waals surface area contributed by atoms with Crippen molar-refractivity contribution in [2.75, 3.05) is 7.11 Å². The van der Waals surface area contributed by atoms with Crippen LogP contribution in [0.2, 0.25) is 10.0 Å². The molecule has 0 N–H and O–H groups in total. The number of allylic oxidation sites excluding steroid dienone is 1. The summed E-state index contributed by atoms with van der Waals surface area (Å²) in [5.74, 6) is 0.980. The molecule has 0 saturated heterocycles. The van der Waals surface area contributed by atoms with E-state index >= 15 is 0 Å². The van der Waals surface area contributed by atoms with Crippen molar-refractivity contribution in [3.63, 3.8) is 0 Å². The summed E-state index contributed by atoms with van der Waals surface area (Å²) in [7, 11) is 3.39. The van der Waals surface area contributed by atoms with Gasteiger partial charge in [0.2, 0.25) is 0 Å². The Morgan fingerprint density at radius 2 is 1.93 bits per heavy atom. The third-order valence-electron chi connectivity index (χ3n) is 4.52. The van der Waals surface area contributed by atoms with Gasteiger partial charge in [0.25, 0.3) is 0 Å². The number of benzene rings is 2. The van der Waals surface area contributed by atoms with Gasteiger partial charge in [-0.1, -0.05) is 41.4 Å². The van der Waals surface area contributed by atoms with Gasteiger partial charge in [0.05, 0.1) is 28.9 Å². The van der Waals surface area contributed by atoms with Crippen molar-refractivity contribution in [1.29, 1.82) is 0 Å². The Bertz CT molecular complexity index is 1050. The van der Waals surface area contributed by atoms with E-state index in [0.717, 1.165) is 16.8 Å². The number of carbonyl (C=O) groups excluding carboxylic acids is 1. The van der Waals surface area contributed by atoms with E-state index < -0.39 is 0 Å². The molecule has 150 valence electrons. The molecular weight excluding hydrogens is 411 g/mol. The molecule has 1 aromatic heterocycles. The summed E-state index contributed by atoms with van der Waals surface area (Å²) in [5, 5.41) is 4.97. The van der Waals surface area contributed by atoms with Gasteiger partial charge >= 0.3 is 0 Å². The van der Waals surface area contributed by atoms with Crippen LogP contribution >= 0.6 is 23.2 Å². The molecule has 0 atom stereocenters. The van der Waals surface area contributed by atoms with E-state index in [4.69, 9.17) is 32.7 Å². The van der Waals surface area contributed by atoms with E-state index in [2.05, 4.69) is 5.10 Å². The highest BCUT2D eigenvalue weighted by molar-refractivity contribution is 6.37. The SMILES string of the molecule is COc1ccc(/C=C/C(=O)c2cnn(C)c2C)cc1COc1c(Cl)cccc1Cl. The molecule has 0 aliphatic rings. The highest BCUT2D eigenvalue weighted by Crippen LogP contribution is 2.33. The second kappa shape index (κ2) is 9.16. The molecule has 5 nitrogen and oxygen atoms in total. The monoisotopic (exact) mass is 430 g/mol. The lowest BCUT2D eigenvalue weighted by Crippen LogP contribution is -2.00. The number of rotatable bonds is 7. The number of hydrogen-bond acceptors (Lipinski definition) is 4. The van der Waals surface area contributed by atoms with Gasteiger partial charge in [-0.25, -0.2) is 0 Å². The number of nitrogens with zero attached hydrogens (tertiary/aromatic N) is 2. The lowest BCUT2D eigenvalue weighted by Gasteiger charge is -2.13. The highest BCUT2D eigenvalue weighted by Gasteiger charge is 2.11. The Morgan fingerprint density at radius 1 is 1.21 bits per heavy atom. The minimum atomic E-state index is -0.105. The summed E-state index contributed by atoms with van der Waals surface area (Å²) in [6.07, 6.45) is 4.85. The third-order valence-corrected chi connectivity index (χ3v) is 5.12. The molecule has 0 amide bonds. The summed E-state index contributed by atoms with van der Waals surface area (Å²) < 4.78 is 12.9. The van der Waals surface area contributed by atoms with E-state index in [1.807, 2.05) is 25.1 Å². The van der Waals surface area contributed by atoms with Crippen LogP contribution in [-0.4, -0.2) is 22.7 Å². The average molecular weight is 431 g/mol. The number of hydrogen-bond donors (Lipinski definition) is 0. The smallest absolute Gasteiger partial charge is 0.189 e. The van der Waals surface area contributed by atoms with E-state index in [0.29, 0.717) is 27.1 Å². The zero-order valence-electron chi connectivity index (χ0n) is 16.3. The Hall–Kier alpha value is -2.76. The zero-order valence-corrected chi connectivity index (χ0v) is 17.8. The largest absolute Gasteiger partial charge is 0.496 e. The first-order valence-electron chi connectivity index (χ1n) is 8.85. The van der Waals surface area contributed by atoms with Crippen molar-refractivity contribution in [3.05, 3.63) is 81.1 Å². The van der Waals surface area contributed by atoms with Crippen LogP contribution in [0.15, 0.2) is 48.7 Å². The van der Waals surface area contributed by atoms with Crippen molar-refractivity contribution in [3.8, 4) is 11.5 Å². The van der Waals surface area contributed by atoms with Crippen LogP contribution in [0.3, 0.4) is 0 Å². The van der Waals surface area contributed by atoms with Crippen LogP contribution in [0.1, 0.15) is 27.2 Å². The van der Waals surface area contributed by atoms with Gasteiger partial charge in [0.1, 0.15) is 12.4 Å². The zero-order chi connectivity index (χ0) is 21.0. The highest BCUT2D eigenvalue weighted by atomic mass is 35.5. The molecule has 0 saturated carbocycles. The predicted octanol–water partition coefficient (Wildman–Crippen LogP) is 5.52. The van der Waals surface area contributed by atoms with Crippen LogP contribution in [0.5, 0.6) is 11.5 Å². The van der Waals surface area contributed by atoms with E-state index in [1.54, 1.807) is 49.3 Å². The van der Waals surface area contributed by atoms with Gasteiger partial charge in [-0.15, -0.1) is 0 Å². The lowest BCUT2D eigenvalue weighted by atomic mass is 10.1. The summed E-state index contributed by atoms with van der Waals surface area (Å²) in [5.41, 5.74) is 3.04. The number of aryl methyl sites for hydroxylation is 1. The summed E-state index contributed by atoms with van der Waals surface area (Å²) >= 11 is 12.3. The second-order valence-electron chi connectivity index (χ2n) is 6.38. The fraction of sp³-hybridized carbons (Fsp3) is 0.182. The maximum absolute atomic E-state index is 12.4. The fourth-order valence-corrected chi connectivity index (χ4v) is 3.29.